The first-order chi connectivity index (χ1) is 6.31. The van der Waals surface area contributed by atoms with Crippen molar-refractivity contribution in [2.45, 2.75) is 38.8 Å². The Morgan fingerprint density at radius 3 is 2.79 bits per heavy atom. The lowest BCUT2D eigenvalue weighted by Gasteiger charge is -2.30. The molecule has 0 aromatic heterocycles. The van der Waals surface area contributed by atoms with E-state index in [4.69, 9.17) is 0 Å². The summed E-state index contributed by atoms with van der Waals surface area (Å²) in [4.78, 5) is 0. The van der Waals surface area contributed by atoms with E-state index < -0.39 is 0 Å². The van der Waals surface area contributed by atoms with E-state index in [0.29, 0.717) is 12.1 Å². The van der Waals surface area contributed by atoms with Gasteiger partial charge in [-0.05, 0) is 30.9 Å². The zero-order valence-electron chi connectivity index (χ0n) is 8.79. The number of halogens is 1. The molecule has 0 aliphatic carbocycles. The minimum atomic E-state index is 0. The van der Waals surface area contributed by atoms with E-state index in [1.165, 1.54) is 24.0 Å². The largest absolute Gasteiger partial charge is 0.307 e. The predicted molar refractivity (Wildman–Crippen MR) is 63.0 cm³/mol. The summed E-state index contributed by atoms with van der Waals surface area (Å²) >= 11 is 0. The number of hydrogen-bond acceptors (Lipinski definition) is 1. The second kappa shape index (κ2) is 4.81. The third-order valence-corrected chi connectivity index (χ3v) is 2.97. The summed E-state index contributed by atoms with van der Waals surface area (Å²) in [6, 6.07) is 9.96. The lowest BCUT2D eigenvalue weighted by atomic mass is 9.90. The summed E-state index contributed by atoms with van der Waals surface area (Å²) in [7, 11) is 0. The molecular formula is C12H18ClN. The second-order valence-electron chi connectivity index (χ2n) is 3.90. The Bertz CT molecular complexity index is 298. The number of hydrogen-bond donors (Lipinski definition) is 1. The highest BCUT2D eigenvalue weighted by Crippen LogP contribution is 2.25. The van der Waals surface area contributed by atoms with Crippen LogP contribution in [0.4, 0.5) is 0 Å². The van der Waals surface area contributed by atoms with Gasteiger partial charge in [0.1, 0.15) is 0 Å². The molecule has 0 fully saturated rings. The maximum Gasteiger partial charge on any atom is 0.0297 e. The Morgan fingerprint density at radius 1 is 1.36 bits per heavy atom. The van der Waals surface area contributed by atoms with E-state index in [-0.39, 0.29) is 12.4 Å². The summed E-state index contributed by atoms with van der Waals surface area (Å²) in [5, 5.41) is 3.62. The molecule has 0 amide bonds. The van der Waals surface area contributed by atoms with E-state index in [9.17, 15) is 0 Å². The van der Waals surface area contributed by atoms with E-state index in [1.807, 2.05) is 0 Å². The van der Waals surface area contributed by atoms with Gasteiger partial charge in [0, 0.05) is 12.1 Å². The first kappa shape index (κ1) is 11.5. The Hall–Kier alpha value is -0.530. The van der Waals surface area contributed by atoms with E-state index in [2.05, 4.69) is 43.4 Å². The van der Waals surface area contributed by atoms with E-state index >= 15 is 0 Å². The van der Waals surface area contributed by atoms with Crippen LogP contribution < -0.4 is 5.32 Å². The molecule has 0 saturated heterocycles. The van der Waals surface area contributed by atoms with Crippen LogP contribution in [-0.2, 0) is 6.42 Å². The molecule has 1 aliphatic heterocycles. The second-order valence-corrected chi connectivity index (χ2v) is 3.90. The van der Waals surface area contributed by atoms with E-state index in [0.717, 1.165) is 0 Å². The van der Waals surface area contributed by atoms with Gasteiger partial charge in [-0.3, -0.25) is 0 Å². The van der Waals surface area contributed by atoms with E-state index in [1.54, 1.807) is 0 Å². The van der Waals surface area contributed by atoms with Gasteiger partial charge >= 0.3 is 0 Å². The lowest BCUT2D eigenvalue weighted by Crippen LogP contribution is -2.37. The van der Waals surface area contributed by atoms with Crippen LogP contribution in [0.2, 0.25) is 0 Å². The molecule has 1 aromatic carbocycles. The normalized spacial score (nSPS) is 25.0. The molecule has 2 heteroatoms. The lowest BCUT2D eigenvalue weighted by molar-refractivity contribution is 0.412. The van der Waals surface area contributed by atoms with Gasteiger partial charge in [0.2, 0.25) is 0 Å². The van der Waals surface area contributed by atoms with Gasteiger partial charge in [0.15, 0.2) is 0 Å². The van der Waals surface area contributed by atoms with Gasteiger partial charge in [-0.25, -0.2) is 0 Å². The molecule has 2 unspecified atom stereocenters. The molecule has 0 spiro atoms. The monoisotopic (exact) mass is 211 g/mol. The van der Waals surface area contributed by atoms with Crippen molar-refractivity contribution in [1.29, 1.82) is 0 Å². The van der Waals surface area contributed by atoms with Crippen molar-refractivity contribution in [1.82, 2.24) is 5.32 Å². The smallest absolute Gasteiger partial charge is 0.0297 e. The van der Waals surface area contributed by atoms with Gasteiger partial charge in [0.25, 0.3) is 0 Å². The summed E-state index contributed by atoms with van der Waals surface area (Å²) in [6.07, 6.45) is 2.41. The zero-order chi connectivity index (χ0) is 9.26. The minimum Gasteiger partial charge on any atom is -0.307 e. The Kier molecular flexibility index (Phi) is 3.97. The van der Waals surface area contributed by atoms with Crippen molar-refractivity contribution in [2.75, 3.05) is 0 Å². The van der Waals surface area contributed by atoms with Crippen LogP contribution >= 0.6 is 12.4 Å². The van der Waals surface area contributed by atoms with Crippen LogP contribution in [0.1, 0.15) is 37.4 Å². The summed E-state index contributed by atoms with van der Waals surface area (Å²) in [5.74, 6) is 0. The molecule has 0 radical (unpaired) electrons. The minimum absolute atomic E-state index is 0. The quantitative estimate of drug-likeness (QED) is 0.753. The highest BCUT2D eigenvalue weighted by Gasteiger charge is 2.20. The van der Waals surface area contributed by atoms with Gasteiger partial charge in [-0.15, -0.1) is 12.4 Å². The molecule has 1 heterocycles. The molecule has 14 heavy (non-hydrogen) atoms. The van der Waals surface area contributed by atoms with Gasteiger partial charge in [-0.1, -0.05) is 31.2 Å². The number of benzene rings is 1. The summed E-state index contributed by atoms with van der Waals surface area (Å²) < 4.78 is 0. The maximum atomic E-state index is 3.62. The summed E-state index contributed by atoms with van der Waals surface area (Å²) in [6.45, 7) is 4.50. The van der Waals surface area contributed by atoms with Gasteiger partial charge in [0.05, 0.1) is 0 Å². The van der Waals surface area contributed by atoms with Crippen LogP contribution in [0.25, 0.3) is 0 Å². The first-order valence-corrected chi connectivity index (χ1v) is 5.15. The molecule has 2 rings (SSSR count). The molecule has 0 bridgehead atoms. The van der Waals surface area contributed by atoms with Crippen LogP contribution in [0.3, 0.4) is 0 Å². The summed E-state index contributed by atoms with van der Waals surface area (Å²) in [5.41, 5.74) is 3.01. The molecule has 1 N–H and O–H groups in total. The third-order valence-electron chi connectivity index (χ3n) is 2.97. The molecular weight excluding hydrogens is 194 g/mol. The molecule has 2 atom stereocenters. The van der Waals surface area contributed by atoms with Gasteiger partial charge in [-0.2, -0.15) is 0 Å². The van der Waals surface area contributed by atoms with Crippen molar-refractivity contribution < 1.29 is 0 Å². The number of nitrogens with one attached hydrogen (secondary N) is 1. The van der Waals surface area contributed by atoms with Crippen LogP contribution in [0.15, 0.2) is 24.3 Å². The maximum absolute atomic E-state index is 3.62. The highest BCUT2D eigenvalue weighted by atomic mass is 35.5. The van der Waals surface area contributed by atoms with Crippen molar-refractivity contribution in [3.63, 3.8) is 0 Å². The average molecular weight is 212 g/mol. The Balaban J connectivity index is 0.000000980. The predicted octanol–water partition coefficient (Wildman–Crippen LogP) is 3.09. The molecule has 1 nitrogen and oxygen atoms in total. The third kappa shape index (κ3) is 2.10. The number of fused-ring (bicyclic) bond motifs is 1. The topological polar surface area (TPSA) is 12.0 Å². The van der Waals surface area contributed by atoms with Crippen LogP contribution in [0, 0.1) is 0 Å². The molecule has 0 saturated carbocycles. The van der Waals surface area contributed by atoms with Crippen molar-refractivity contribution in [3.8, 4) is 0 Å². The molecule has 78 valence electrons. The van der Waals surface area contributed by atoms with Crippen LogP contribution in [-0.4, -0.2) is 6.04 Å². The fraction of sp³-hybridized carbons (Fsp3) is 0.500. The first-order valence-electron chi connectivity index (χ1n) is 5.15. The van der Waals surface area contributed by atoms with Crippen molar-refractivity contribution in [3.05, 3.63) is 35.4 Å². The Morgan fingerprint density at radius 2 is 2.07 bits per heavy atom. The van der Waals surface area contributed by atoms with Crippen molar-refractivity contribution in [2.24, 2.45) is 0 Å². The average Bonchev–Trinajstić information content (AvgIpc) is 2.18. The molecule has 1 aliphatic rings. The highest BCUT2D eigenvalue weighted by molar-refractivity contribution is 5.85. The Labute approximate surface area is 92.3 Å². The van der Waals surface area contributed by atoms with Crippen molar-refractivity contribution >= 4 is 12.4 Å². The van der Waals surface area contributed by atoms with Gasteiger partial charge < -0.3 is 5.32 Å². The SMILES string of the molecule is CCC1Cc2ccccc2C(C)N1.Cl. The fourth-order valence-electron chi connectivity index (χ4n) is 2.17. The zero-order valence-corrected chi connectivity index (χ0v) is 9.60. The molecule has 1 aromatic rings. The number of rotatable bonds is 1. The van der Waals surface area contributed by atoms with Crippen LogP contribution in [0.5, 0.6) is 0 Å². The fourth-order valence-corrected chi connectivity index (χ4v) is 2.17. The standard InChI is InChI=1S/C12H17N.ClH/c1-3-11-8-10-6-4-5-7-12(10)9(2)13-11;/h4-7,9,11,13H,3,8H2,1-2H3;1H.